The van der Waals surface area contributed by atoms with Gasteiger partial charge in [-0.3, -0.25) is 0 Å². The average Bonchev–Trinajstić information content (AvgIpc) is 2.69. The van der Waals surface area contributed by atoms with Crippen LogP contribution in [0.2, 0.25) is 0 Å². The first-order valence-electron chi connectivity index (χ1n) is 9.86. The van der Waals surface area contributed by atoms with Crippen molar-refractivity contribution in [2.75, 3.05) is 60.7 Å². The van der Waals surface area contributed by atoms with Gasteiger partial charge in [0.05, 0.1) is 18.8 Å². The van der Waals surface area contributed by atoms with E-state index in [4.69, 9.17) is 14.2 Å². The summed E-state index contributed by atoms with van der Waals surface area (Å²) in [7, 11) is 5.49. The van der Waals surface area contributed by atoms with Gasteiger partial charge in [0.1, 0.15) is 12.4 Å². The molecule has 0 bridgehead atoms. The monoisotopic (exact) mass is 522 g/mol. The van der Waals surface area contributed by atoms with Crippen molar-refractivity contribution in [3.05, 3.63) is 29.8 Å². The van der Waals surface area contributed by atoms with Crippen molar-refractivity contribution in [1.29, 1.82) is 0 Å². The molecule has 168 valence electrons. The number of benzene rings is 1. The number of likely N-dealkylation sites (N-methyl/N-ethyl adjacent to an activating group) is 1. The van der Waals surface area contributed by atoms with Gasteiger partial charge in [0.15, 0.2) is 5.96 Å². The van der Waals surface area contributed by atoms with Crippen molar-refractivity contribution >= 4 is 29.9 Å². The Morgan fingerprint density at radius 2 is 1.86 bits per heavy atom. The summed E-state index contributed by atoms with van der Waals surface area (Å²) in [4.78, 5) is 6.85. The molecule has 0 heterocycles. The van der Waals surface area contributed by atoms with E-state index in [0.29, 0.717) is 19.7 Å². The number of ether oxygens (including phenoxy) is 3. The number of hydrogen-bond donors (Lipinski definition) is 2. The molecule has 0 saturated heterocycles. The average molecular weight is 522 g/mol. The van der Waals surface area contributed by atoms with Crippen LogP contribution >= 0.6 is 24.0 Å². The fourth-order valence-electron chi connectivity index (χ4n) is 2.29. The van der Waals surface area contributed by atoms with Crippen LogP contribution in [-0.2, 0) is 16.0 Å². The quantitative estimate of drug-likeness (QED) is 0.236. The summed E-state index contributed by atoms with van der Waals surface area (Å²) < 4.78 is 16.4. The van der Waals surface area contributed by atoms with Crippen LogP contribution in [-0.4, -0.2) is 77.1 Å². The van der Waals surface area contributed by atoms with E-state index in [0.717, 1.165) is 43.5 Å². The van der Waals surface area contributed by atoms with Crippen molar-refractivity contribution in [1.82, 2.24) is 15.5 Å². The standard InChI is InChI=1S/C21H38N4O3.HI/c1-7-22-20(24-17-21(2,3)27-6)23-16-18-9-8-10-19(15-18)28-14-12-25(4)11-13-26-5;/h8-10,15H,7,11-14,16-17H2,1-6H3,(H2,22,23,24);1H. The summed E-state index contributed by atoms with van der Waals surface area (Å²) in [6.07, 6.45) is 0. The molecule has 0 aromatic heterocycles. The lowest BCUT2D eigenvalue weighted by atomic mass is 10.1. The van der Waals surface area contributed by atoms with Crippen LogP contribution in [0, 0.1) is 0 Å². The van der Waals surface area contributed by atoms with E-state index in [9.17, 15) is 0 Å². The number of methoxy groups -OCH3 is 2. The van der Waals surface area contributed by atoms with E-state index >= 15 is 0 Å². The molecule has 0 radical (unpaired) electrons. The fraction of sp³-hybridized carbons (Fsp3) is 0.667. The van der Waals surface area contributed by atoms with Crippen LogP contribution in [0.3, 0.4) is 0 Å². The van der Waals surface area contributed by atoms with Crippen molar-refractivity contribution in [2.24, 2.45) is 4.99 Å². The van der Waals surface area contributed by atoms with E-state index in [-0.39, 0.29) is 29.6 Å². The largest absolute Gasteiger partial charge is 0.492 e. The number of halogens is 1. The Morgan fingerprint density at radius 1 is 1.14 bits per heavy atom. The highest BCUT2D eigenvalue weighted by molar-refractivity contribution is 14.0. The summed E-state index contributed by atoms with van der Waals surface area (Å²) >= 11 is 0. The van der Waals surface area contributed by atoms with Crippen LogP contribution in [0.5, 0.6) is 5.75 Å². The van der Waals surface area contributed by atoms with Crippen LogP contribution in [0.1, 0.15) is 26.3 Å². The van der Waals surface area contributed by atoms with Crippen molar-refractivity contribution in [3.8, 4) is 5.75 Å². The maximum absolute atomic E-state index is 5.88. The second-order valence-electron chi connectivity index (χ2n) is 7.30. The van der Waals surface area contributed by atoms with E-state index in [1.54, 1.807) is 14.2 Å². The second-order valence-corrected chi connectivity index (χ2v) is 7.30. The Balaban J connectivity index is 0.00000784. The molecule has 1 aromatic rings. The molecule has 0 amide bonds. The zero-order chi connectivity index (χ0) is 20.8. The molecule has 0 spiro atoms. The third kappa shape index (κ3) is 12.9. The molecule has 0 saturated carbocycles. The number of hydrogen-bond acceptors (Lipinski definition) is 5. The predicted molar refractivity (Wildman–Crippen MR) is 131 cm³/mol. The molecular weight excluding hydrogens is 483 g/mol. The van der Waals surface area contributed by atoms with Crippen molar-refractivity contribution in [3.63, 3.8) is 0 Å². The zero-order valence-electron chi connectivity index (χ0n) is 18.8. The van der Waals surface area contributed by atoms with Gasteiger partial charge in [-0.1, -0.05) is 12.1 Å². The lowest BCUT2D eigenvalue weighted by molar-refractivity contribution is 0.0268. The predicted octanol–water partition coefficient (Wildman–Crippen LogP) is 2.74. The van der Waals surface area contributed by atoms with Crippen LogP contribution < -0.4 is 15.4 Å². The summed E-state index contributed by atoms with van der Waals surface area (Å²) in [5.74, 6) is 1.64. The molecule has 29 heavy (non-hydrogen) atoms. The lowest BCUT2D eigenvalue weighted by Crippen LogP contribution is -2.45. The molecule has 0 aliphatic rings. The molecule has 0 fully saturated rings. The Labute approximate surface area is 193 Å². The molecule has 2 N–H and O–H groups in total. The first-order valence-corrected chi connectivity index (χ1v) is 9.86. The van der Waals surface area contributed by atoms with Gasteiger partial charge in [-0.2, -0.15) is 0 Å². The normalized spacial score (nSPS) is 11.9. The van der Waals surface area contributed by atoms with E-state index in [1.165, 1.54) is 0 Å². The van der Waals surface area contributed by atoms with Crippen molar-refractivity contribution < 1.29 is 14.2 Å². The van der Waals surface area contributed by atoms with Gasteiger partial charge in [0.2, 0.25) is 0 Å². The second kappa shape index (κ2) is 15.7. The van der Waals surface area contributed by atoms with Crippen molar-refractivity contribution in [2.45, 2.75) is 32.9 Å². The first kappa shape index (κ1) is 27.9. The Bertz CT molecular complexity index is 585. The molecule has 0 aliphatic carbocycles. The molecule has 0 aliphatic heterocycles. The summed E-state index contributed by atoms with van der Waals surface area (Å²) in [6, 6.07) is 8.08. The molecule has 8 heteroatoms. The summed E-state index contributed by atoms with van der Waals surface area (Å²) in [5, 5.41) is 6.59. The zero-order valence-corrected chi connectivity index (χ0v) is 21.1. The fourth-order valence-corrected chi connectivity index (χ4v) is 2.29. The third-order valence-corrected chi connectivity index (χ3v) is 4.32. The highest BCUT2D eigenvalue weighted by Gasteiger charge is 2.16. The number of nitrogens with one attached hydrogen (secondary N) is 2. The third-order valence-electron chi connectivity index (χ3n) is 4.32. The van der Waals surface area contributed by atoms with Gasteiger partial charge in [0, 0.05) is 40.4 Å². The Hall–Kier alpha value is -1.10. The number of rotatable bonds is 13. The molecule has 0 atom stereocenters. The summed E-state index contributed by atoms with van der Waals surface area (Å²) in [5.41, 5.74) is 0.855. The number of aliphatic imine (C=N–C) groups is 1. The molecule has 1 aromatic carbocycles. The molecule has 1 rings (SSSR count). The van der Waals surface area contributed by atoms with Crippen LogP contribution in [0.4, 0.5) is 0 Å². The van der Waals surface area contributed by atoms with Crippen LogP contribution in [0.15, 0.2) is 29.3 Å². The van der Waals surface area contributed by atoms with E-state index in [1.807, 2.05) is 32.0 Å². The lowest BCUT2D eigenvalue weighted by Gasteiger charge is -2.24. The van der Waals surface area contributed by atoms with Gasteiger partial charge in [-0.15, -0.1) is 24.0 Å². The van der Waals surface area contributed by atoms with Gasteiger partial charge in [-0.25, -0.2) is 4.99 Å². The minimum absolute atomic E-state index is 0. The van der Waals surface area contributed by atoms with E-state index < -0.39 is 0 Å². The Kier molecular flexibility index (Phi) is 15.1. The Morgan fingerprint density at radius 3 is 2.52 bits per heavy atom. The molecule has 0 unspecified atom stereocenters. The maximum Gasteiger partial charge on any atom is 0.191 e. The SMILES string of the molecule is CCNC(=NCc1cccc(OCCN(C)CCOC)c1)NCC(C)(C)OC.I. The van der Waals surface area contributed by atoms with Gasteiger partial charge in [-0.05, 0) is 45.5 Å². The minimum Gasteiger partial charge on any atom is -0.492 e. The maximum atomic E-state index is 5.88. The minimum atomic E-state index is -0.250. The van der Waals surface area contributed by atoms with Gasteiger partial charge < -0.3 is 29.7 Å². The number of nitrogens with zero attached hydrogens (tertiary/aromatic N) is 2. The topological polar surface area (TPSA) is 67.4 Å². The summed E-state index contributed by atoms with van der Waals surface area (Å²) in [6.45, 7) is 11.3. The van der Waals surface area contributed by atoms with Crippen LogP contribution in [0.25, 0.3) is 0 Å². The molecule has 7 nitrogen and oxygen atoms in total. The molecular formula is C21H39IN4O3. The smallest absolute Gasteiger partial charge is 0.191 e. The van der Waals surface area contributed by atoms with E-state index in [2.05, 4.69) is 40.6 Å². The number of guanidine groups is 1. The highest BCUT2D eigenvalue weighted by Crippen LogP contribution is 2.14. The van der Waals surface area contributed by atoms with Gasteiger partial charge in [0.25, 0.3) is 0 Å². The first-order chi connectivity index (χ1) is 13.4. The highest BCUT2D eigenvalue weighted by atomic mass is 127. The van der Waals surface area contributed by atoms with Gasteiger partial charge >= 0.3 is 0 Å².